The highest BCUT2D eigenvalue weighted by molar-refractivity contribution is 9.10. The zero-order valence-corrected chi connectivity index (χ0v) is 13.3. The van der Waals surface area contributed by atoms with Crippen molar-refractivity contribution < 1.29 is 14.7 Å². The monoisotopic (exact) mass is 367 g/mol. The summed E-state index contributed by atoms with van der Waals surface area (Å²) < 4.78 is 0.622. The van der Waals surface area contributed by atoms with Crippen molar-refractivity contribution in [2.45, 2.75) is 6.92 Å². The van der Waals surface area contributed by atoms with E-state index < -0.39 is 11.9 Å². The number of carboxylic acids is 1. The number of aryl methyl sites for hydroxylation is 1. The normalized spacial score (nSPS) is 10.2. The highest BCUT2D eigenvalue weighted by atomic mass is 79.9. The van der Waals surface area contributed by atoms with Crippen LogP contribution in [0.1, 0.15) is 26.3 Å². The number of hydrogen-bond acceptors (Lipinski definition) is 2. The second-order valence-corrected chi connectivity index (χ2v) is 5.76. The maximum atomic E-state index is 12.3. The molecule has 2 rings (SSSR count). The van der Waals surface area contributed by atoms with E-state index in [2.05, 4.69) is 21.2 Å². The molecule has 0 atom stereocenters. The Labute approximate surface area is 134 Å². The van der Waals surface area contributed by atoms with Gasteiger partial charge in [0.1, 0.15) is 0 Å². The lowest BCUT2D eigenvalue weighted by Crippen LogP contribution is -2.16. The number of carbonyl (C=O) groups is 2. The van der Waals surface area contributed by atoms with Gasteiger partial charge in [-0.3, -0.25) is 4.79 Å². The van der Waals surface area contributed by atoms with Crippen molar-refractivity contribution in [3.8, 4) is 0 Å². The van der Waals surface area contributed by atoms with Crippen molar-refractivity contribution in [3.05, 3.63) is 62.6 Å². The summed E-state index contributed by atoms with van der Waals surface area (Å²) in [6.07, 6.45) is 0. The van der Waals surface area contributed by atoms with Crippen LogP contribution in [-0.2, 0) is 0 Å². The summed E-state index contributed by atoms with van der Waals surface area (Å²) >= 11 is 9.09. The highest BCUT2D eigenvalue weighted by Gasteiger charge is 2.15. The Kier molecular flexibility index (Phi) is 4.65. The predicted octanol–water partition coefficient (Wildman–Crippen LogP) is 4.36. The molecule has 0 spiro atoms. The second kappa shape index (κ2) is 6.28. The predicted molar refractivity (Wildman–Crippen MR) is 85.2 cm³/mol. The van der Waals surface area contributed by atoms with Crippen molar-refractivity contribution in [3.63, 3.8) is 0 Å². The van der Waals surface area contributed by atoms with Crippen LogP contribution >= 0.6 is 27.5 Å². The number of carboxylic acid groups (broad SMARTS) is 1. The average Bonchev–Trinajstić information content (AvgIpc) is 2.43. The van der Waals surface area contributed by atoms with Gasteiger partial charge < -0.3 is 10.4 Å². The third kappa shape index (κ3) is 3.62. The van der Waals surface area contributed by atoms with Crippen LogP contribution in [-0.4, -0.2) is 17.0 Å². The summed E-state index contributed by atoms with van der Waals surface area (Å²) in [5.41, 5.74) is 1.40. The number of hydrogen-bond donors (Lipinski definition) is 2. The van der Waals surface area contributed by atoms with Gasteiger partial charge in [-0.25, -0.2) is 4.79 Å². The first kappa shape index (κ1) is 15.5. The fourth-order valence-corrected chi connectivity index (χ4v) is 2.36. The molecule has 0 saturated carbocycles. The van der Waals surface area contributed by atoms with Gasteiger partial charge in [-0.05, 0) is 42.8 Å². The van der Waals surface area contributed by atoms with Gasteiger partial charge in [0.05, 0.1) is 11.3 Å². The molecule has 2 aromatic rings. The first-order valence-electron chi connectivity index (χ1n) is 5.99. The van der Waals surface area contributed by atoms with Gasteiger partial charge in [0.15, 0.2) is 0 Å². The third-order valence-electron chi connectivity index (χ3n) is 2.90. The molecule has 1 amide bonds. The maximum Gasteiger partial charge on any atom is 0.337 e. The molecule has 21 heavy (non-hydrogen) atoms. The SMILES string of the molecule is Cc1ccc(Cl)cc1C(=O)Nc1ccc(Br)cc1C(=O)O. The molecule has 0 aliphatic heterocycles. The van der Waals surface area contributed by atoms with Crippen molar-refractivity contribution in [1.29, 1.82) is 0 Å². The number of benzene rings is 2. The van der Waals surface area contributed by atoms with Gasteiger partial charge in [0, 0.05) is 15.1 Å². The van der Waals surface area contributed by atoms with E-state index in [-0.39, 0.29) is 11.3 Å². The lowest BCUT2D eigenvalue weighted by molar-refractivity contribution is 0.0698. The number of rotatable bonds is 3. The largest absolute Gasteiger partial charge is 0.478 e. The summed E-state index contributed by atoms with van der Waals surface area (Å²) in [6, 6.07) is 9.60. The molecule has 0 saturated heterocycles. The molecule has 0 aromatic heterocycles. The van der Waals surface area contributed by atoms with E-state index in [4.69, 9.17) is 11.6 Å². The number of anilines is 1. The molecule has 0 fully saturated rings. The molecule has 4 nitrogen and oxygen atoms in total. The van der Waals surface area contributed by atoms with Gasteiger partial charge in [0.25, 0.3) is 5.91 Å². The number of amides is 1. The molecule has 0 bridgehead atoms. The minimum absolute atomic E-state index is 0.0115. The number of nitrogens with one attached hydrogen (secondary N) is 1. The molecule has 0 aliphatic carbocycles. The lowest BCUT2D eigenvalue weighted by atomic mass is 10.1. The van der Waals surface area contributed by atoms with Crippen molar-refractivity contribution in [2.75, 3.05) is 5.32 Å². The maximum absolute atomic E-state index is 12.3. The summed E-state index contributed by atoms with van der Waals surface area (Å²) in [5.74, 6) is -1.52. The van der Waals surface area contributed by atoms with E-state index in [9.17, 15) is 14.7 Å². The Morgan fingerprint density at radius 3 is 2.52 bits per heavy atom. The van der Waals surface area contributed by atoms with Crippen LogP contribution in [0.2, 0.25) is 5.02 Å². The van der Waals surface area contributed by atoms with Gasteiger partial charge >= 0.3 is 5.97 Å². The van der Waals surface area contributed by atoms with Crippen LogP contribution in [0.4, 0.5) is 5.69 Å². The van der Waals surface area contributed by atoms with Crippen molar-refractivity contribution in [2.24, 2.45) is 0 Å². The zero-order chi connectivity index (χ0) is 15.6. The van der Waals surface area contributed by atoms with Crippen LogP contribution in [0.5, 0.6) is 0 Å². The van der Waals surface area contributed by atoms with Gasteiger partial charge in [-0.2, -0.15) is 0 Å². The Bertz CT molecular complexity index is 731. The third-order valence-corrected chi connectivity index (χ3v) is 3.63. The Morgan fingerprint density at radius 1 is 1.14 bits per heavy atom. The highest BCUT2D eigenvalue weighted by Crippen LogP contribution is 2.23. The fraction of sp³-hybridized carbons (Fsp3) is 0.0667. The molecule has 0 radical (unpaired) electrons. The molecule has 108 valence electrons. The first-order chi connectivity index (χ1) is 9.88. The molecule has 0 heterocycles. The standard InChI is InChI=1S/C15H11BrClNO3/c1-8-2-4-10(17)7-11(8)14(19)18-13-5-3-9(16)6-12(13)15(20)21/h2-7H,1H3,(H,18,19)(H,20,21). The van der Waals surface area contributed by atoms with Crippen molar-refractivity contribution in [1.82, 2.24) is 0 Å². The fourth-order valence-electron chi connectivity index (χ4n) is 1.83. The van der Waals surface area contributed by atoms with Crippen LogP contribution in [0.15, 0.2) is 40.9 Å². The topological polar surface area (TPSA) is 66.4 Å². The van der Waals surface area contributed by atoms with E-state index in [1.54, 1.807) is 31.2 Å². The summed E-state index contributed by atoms with van der Waals surface area (Å²) in [7, 11) is 0. The molecule has 2 aromatic carbocycles. The van der Waals surface area contributed by atoms with E-state index >= 15 is 0 Å². The minimum atomic E-state index is -1.12. The molecule has 0 unspecified atom stereocenters. The molecular formula is C15H11BrClNO3. The van der Waals surface area contributed by atoms with Crippen LogP contribution < -0.4 is 5.32 Å². The number of aromatic carboxylic acids is 1. The second-order valence-electron chi connectivity index (χ2n) is 4.41. The van der Waals surface area contributed by atoms with E-state index in [0.717, 1.165) is 5.56 Å². The first-order valence-corrected chi connectivity index (χ1v) is 7.16. The van der Waals surface area contributed by atoms with Crippen LogP contribution in [0, 0.1) is 6.92 Å². The molecular weight excluding hydrogens is 358 g/mol. The Morgan fingerprint density at radius 2 is 1.86 bits per heavy atom. The lowest BCUT2D eigenvalue weighted by Gasteiger charge is -2.11. The summed E-state index contributed by atoms with van der Waals surface area (Å²) in [6.45, 7) is 1.78. The van der Waals surface area contributed by atoms with Gasteiger partial charge in [0.2, 0.25) is 0 Å². The van der Waals surface area contributed by atoms with E-state index in [1.165, 1.54) is 12.1 Å². The molecule has 2 N–H and O–H groups in total. The molecule has 0 aliphatic rings. The van der Waals surface area contributed by atoms with Crippen LogP contribution in [0.3, 0.4) is 0 Å². The Hall–Kier alpha value is -1.85. The quantitative estimate of drug-likeness (QED) is 0.846. The Balaban J connectivity index is 2.36. The van der Waals surface area contributed by atoms with Crippen molar-refractivity contribution >= 4 is 45.1 Å². The molecule has 6 heteroatoms. The smallest absolute Gasteiger partial charge is 0.337 e. The average molecular weight is 369 g/mol. The van der Waals surface area contributed by atoms with E-state index in [0.29, 0.717) is 15.1 Å². The minimum Gasteiger partial charge on any atom is -0.478 e. The van der Waals surface area contributed by atoms with Gasteiger partial charge in [-0.1, -0.05) is 33.6 Å². The number of halogens is 2. The summed E-state index contributed by atoms with van der Waals surface area (Å²) in [4.78, 5) is 23.5. The zero-order valence-electron chi connectivity index (χ0n) is 11.0. The van der Waals surface area contributed by atoms with Gasteiger partial charge in [-0.15, -0.1) is 0 Å². The van der Waals surface area contributed by atoms with Crippen LogP contribution in [0.25, 0.3) is 0 Å². The number of carbonyl (C=O) groups excluding carboxylic acids is 1. The van der Waals surface area contributed by atoms with E-state index in [1.807, 2.05) is 0 Å². The summed E-state index contributed by atoms with van der Waals surface area (Å²) in [5, 5.41) is 12.2.